The van der Waals surface area contributed by atoms with Gasteiger partial charge in [0.25, 0.3) is 0 Å². The maximum absolute atomic E-state index is 5.55. The van der Waals surface area contributed by atoms with Crippen molar-refractivity contribution in [3.05, 3.63) is 29.5 Å². The second-order valence-corrected chi connectivity index (χ2v) is 5.33. The maximum Gasteiger partial charge on any atom is 0.236 e. The van der Waals surface area contributed by atoms with Crippen molar-refractivity contribution in [1.29, 1.82) is 0 Å². The summed E-state index contributed by atoms with van der Waals surface area (Å²) in [5.41, 5.74) is 0.941. The van der Waals surface area contributed by atoms with E-state index in [4.69, 9.17) is 9.15 Å². The number of ether oxygens (including phenoxy) is 1. The smallest absolute Gasteiger partial charge is 0.236 e. The van der Waals surface area contributed by atoms with E-state index in [-0.39, 0.29) is 0 Å². The minimum absolute atomic E-state index is 0.369. The molecule has 1 aliphatic heterocycles. The van der Waals surface area contributed by atoms with Crippen LogP contribution in [0.15, 0.2) is 28.2 Å². The first-order chi connectivity index (χ1) is 8.92. The molecule has 5 heteroatoms. The third-order valence-corrected chi connectivity index (χ3v) is 3.84. The predicted molar refractivity (Wildman–Crippen MR) is 70.5 cm³/mol. The largest absolute Gasteiger partial charge is 0.444 e. The van der Waals surface area contributed by atoms with E-state index in [0.29, 0.717) is 12.0 Å². The molecule has 0 bridgehead atoms. The van der Waals surface area contributed by atoms with Gasteiger partial charge in [-0.3, -0.25) is 0 Å². The van der Waals surface area contributed by atoms with Gasteiger partial charge in [-0.15, -0.1) is 11.3 Å². The van der Waals surface area contributed by atoms with Crippen molar-refractivity contribution >= 4 is 11.3 Å². The van der Waals surface area contributed by atoms with E-state index in [1.165, 1.54) is 6.42 Å². The molecule has 3 rings (SSSR count). The second-order valence-electron chi connectivity index (χ2n) is 4.39. The lowest BCUT2D eigenvalue weighted by Crippen LogP contribution is -2.25. The van der Waals surface area contributed by atoms with Crippen LogP contribution in [0.25, 0.3) is 10.8 Å². The summed E-state index contributed by atoms with van der Waals surface area (Å²) in [5.74, 6) is 0.707. The van der Waals surface area contributed by atoms with Gasteiger partial charge in [-0.05, 0) is 24.3 Å². The van der Waals surface area contributed by atoms with Gasteiger partial charge in [0.1, 0.15) is 6.26 Å². The van der Waals surface area contributed by atoms with Crippen molar-refractivity contribution in [3.8, 4) is 10.8 Å². The lowest BCUT2D eigenvalue weighted by molar-refractivity contribution is 0.110. The Labute approximate surface area is 110 Å². The van der Waals surface area contributed by atoms with Gasteiger partial charge in [-0.25, -0.2) is 4.98 Å². The normalized spacial score (nSPS) is 19.4. The fourth-order valence-corrected chi connectivity index (χ4v) is 2.72. The van der Waals surface area contributed by atoms with Crippen LogP contribution in [-0.2, 0) is 11.3 Å². The molecule has 1 N–H and O–H groups in total. The van der Waals surface area contributed by atoms with Crippen LogP contribution in [0, 0.1) is 0 Å². The molecule has 0 saturated carbocycles. The molecule has 3 heterocycles. The Balaban J connectivity index is 1.51. The Kier molecular flexibility index (Phi) is 3.73. The van der Waals surface area contributed by atoms with Crippen LogP contribution in [0.4, 0.5) is 0 Å². The number of hydrogen-bond donors (Lipinski definition) is 1. The van der Waals surface area contributed by atoms with Gasteiger partial charge in [0.2, 0.25) is 5.89 Å². The Morgan fingerprint density at radius 1 is 1.50 bits per heavy atom. The van der Waals surface area contributed by atoms with E-state index in [2.05, 4.69) is 10.3 Å². The molecular formula is C13H16N2O2S. The van der Waals surface area contributed by atoms with Crippen LogP contribution in [0.5, 0.6) is 0 Å². The highest BCUT2D eigenvalue weighted by Gasteiger charge is 2.15. The first-order valence-corrected chi connectivity index (χ1v) is 7.10. The third kappa shape index (κ3) is 2.80. The van der Waals surface area contributed by atoms with E-state index >= 15 is 0 Å². The van der Waals surface area contributed by atoms with Crippen LogP contribution in [0.1, 0.15) is 18.5 Å². The number of nitrogens with one attached hydrogen (secondary N) is 1. The summed E-state index contributed by atoms with van der Waals surface area (Å²) in [6.45, 7) is 2.52. The molecule has 1 unspecified atom stereocenters. The molecule has 0 radical (unpaired) electrons. The van der Waals surface area contributed by atoms with Crippen molar-refractivity contribution in [2.75, 3.05) is 13.2 Å². The maximum atomic E-state index is 5.55. The van der Waals surface area contributed by atoms with Crippen LogP contribution < -0.4 is 5.32 Å². The monoisotopic (exact) mass is 264 g/mol. The zero-order chi connectivity index (χ0) is 12.2. The van der Waals surface area contributed by atoms with Crippen molar-refractivity contribution in [1.82, 2.24) is 10.3 Å². The highest BCUT2D eigenvalue weighted by atomic mass is 32.1. The summed E-state index contributed by atoms with van der Waals surface area (Å²) >= 11 is 1.64. The zero-order valence-electron chi connectivity index (χ0n) is 10.1. The van der Waals surface area contributed by atoms with Gasteiger partial charge < -0.3 is 14.5 Å². The van der Waals surface area contributed by atoms with Crippen LogP contribution in [0.2, 0.25) is 0 Å². The molecule has 0 aliphatic carbocycles. The first kappa shape index (κ1) is 11.9. The molecular weight excluding hydrogens is 248 g/mol. The number of thiophene rings is 1. The highest BCUT2D eigenvalue weighted by molar-refractivity contribution is 7.13. The summed E-state index contributed by atoms with van der Waals surface area (Å²) in [4.78, 5) is 5.53. The third-order valence-electron chi connectivity index (χ3n) is 2.99. The van der Waals surface area contributed by atoms with Gasteiger partial charge >= 0.3 is 0 Å². The van der Waals surface area contributed by atoms with Crippen molar-refractivity contribution in [2.24, 2.45) is 0 Å². The molecule has 1 aliphatic rings. The van der Waals surface area contributed by atoms with Gasteiger partial charge in [0.05, 0.1) is 16.7 Å². The summed E-state index contributed by atoms with van der Waals surface area (Å²) in [6, 6.07) is 4.01. The fraction of sp³-hybridized carbons (Fsp3) is 0.462. The number of nitrogens with zero attached hydrogens (tertiary/aromatic N) is 1. The molecule has 0 spiro atoms. The van der Waals surface area contributed by atoms with E-state index in [1.54, 1.807) is 17.6 Å². The van der Waals surface area contributed by atoms with Crippen LogP contribution in [0.3, 0.4) is 0 Å². The van der Waals surface area contributed by atoms with Crippen LogP contribution >= 0.6 is 11.3 Å². The second kappa shape index (κ2) is 5.65. The Morgan fingerprint density at radius 3 is 3.28 bits per heavy atom. The standard InChI is InChI=1S/C13H16N2O2S/c1-3-11(16-5-1)8-14-7-10-9-17-13(15-10)12-4-2-6-18-12/h2,4,6,9,11,14H,1,3,5,7-8H2. The predicted octanol–water partition coefficient (Wildman–Crippen LogP) is 2.67. The van der Waals surface area contributed by atoms with Crippen molar-refractivity contribution in [3.63, 3.8) is 0 Å². The molecule has 1 saturated heterocycles. The average Bonchev–Trinajstić information content (AvgIpc) is 3.12. The van der Waals surface area contributed by atoms with E-state index in [1.807, 2.05) is 17.5 Å². The summed E-state index contributed by atoms with van der Waals surface area (Å²) in [5, 5.41) is 5.38. The summed E-state index contributed by atoms with van der Waals surface area (Å²) in [7, 11) is 0. The SMILES string of the molecule is c1csc(-c2nc(CNCC3CCCO3)co2)c1. The van der Waals surface area contributed by atoms with Gasteiger partial charge in [-0.1, -0.05) is 6.07 Å². The molecule has 4 nitrogen and oxygen atoms in total. The minimum atomic E-state index is 0.369. The van der Waals surface area contributed by atoms with E-state index < -0.39 is 0 Å². The van der Waals surface area contributed by atoms with Crippen molar-refractivity contribution in [2.45, 2.75) is 25.5 Å². The molecule has 2 aromatic heterocycles. The zero-order valence-corrected chi connectivity index (χ0v) is 10.9. The number of oxazole rings is 1. The Morgan fingerprint density at radius 2 is 2.50 bits per heavy atom. The molecule has 1 fully saturated rings. The van der Waals surface area contributed by atoms with Gasteiger partial charge in [0.15, 0.2) is 0 Å². The highest BCUT2D eigenvalue weighted by Crippen LogP contribution is 2.23. The first-order valence-electron chi connectivity index (χ1n) is 6.22. The quantitative estimate of drug-likeness (QED) is 0.902. The van der Waals surface area contributed by atoms with E-state index in [9.17, 15) is 0 Å². The lowest BCUT2D eigenvalue weighted by Gasteiger charge is -2.08. The van der Waals surface area contributed by atoms with E-state index in [0.717, 1.165) is 36.7 Å². The van der Waals surface area contributed by atoms with Gasteiger partial charge in [-0.2, -0.15) is 0 Å². The average molecular weight is 264 g/mol. The Bertz CT molecular complexity index is 475. The van der Waals surface area contributed by atoms with Gasteiger partial charge in [0, 0.05) is 19.7 Å². The van der Waals surface area contributed by atoms with Crippen LogP contribution in [-0.4, -0.2) is 24.2 Å². The van der Waals surface area contributed by atoms with Crippen molar-refractivity contribution < 1.29 is 9.15 Å². The lowest BCUT2D eigenvalue weighted by atomic mass is 10.2. The molecule has 18 heavy (non-hydrogen) atoms. The number of hydrogen-bond acceptors (Lipinski definition) is 5. The summed E-state index contributed by atoms with van der Waals surface area (Å²) < 4.78 is 11.0. The topological polar surface area (TPSA) is 47.3 Å². The number of rotatable bonds is 5. The molecule has 1 atom stereocenters. The molecule has 0 aromatic carbocycles. The molecule has 2 aromatic rings. The fourth-order valence-electron chi connectivity index (χ4n) is 2.07. The number of aromatic nitrogens is 1. The summed E-state index contributed by atoms with van der Waals surface area (Å²) in [6.07, 6.45) is 4.43. The Hall–Kier alpha value is -1.17. The minimum Gasteiger partial charge on any atom is -0.444 e. The molecule has 96 valence electrons. The molecule has 0 amide bonds.